The molecule has 0 aromatic carbocycles. The summed E-state index contributed by atoms with van der Waals surface area (Å²) in [5.74, 6) is 1.98. The Morgan fingerprint density at radius 3 is 2.86 bits per heavy atom. The molecule has 0 saturated carbocycles. The number of carbonyl (C=O) groups is 1. The third-order valence-corrected chi connectivity index (χ3v) is 2.96. The molecule has 1 atom stereocenters. The number of nitrogens with zero attached hydrogens (tertiary/aromatic N) is 2. The average Bonchev–Trinajstić information content (AvgIpc) is 2.62. The second-order valence-electron chi connectivity index (χ2n) is 3.06. The Bertz CT molecular complexity index is 312. The Hall–Kier alpha value is -0.840. The van der Waals surface area contributed by atoms with E-state index in [1.165, 1.54) is 11.8 Å². The van der Waals surface area contributed by atoms with Crippen LogP contribution in [0.3, 0.4) is 0 Å². The van der Waals surface area contributed by atoms with Crippen LogP contribution in [0, 0.1) is 0 Å². The van der Waals surface area contributed by atoms with Crippen molar-refractivity contribution in [2.45, 2.75) is 32.4 Å². The van der Waals surface area contributed by atoms with E-state index in [2.05, 4.69) is 10.1 Å². The van der Waals surface area contributed by atoms with Crippen molar-refractivity contribution in [2.75, 3.05) is 5.75 Å². The highest BCUT2D eigenvalue weighted by Crippen LogP contribution is 2.26. The minimum Gasteiger partial charge on any atom is -0.338 e. The SMILES string of the molecule is CCc1noc([C@@H](C)SCC(C)=O)n1. The Morgan fingerprint density at radius 1 is 1.64 bits per heavy atom. The molecule has 0 fully saturated rings. The molecule has 0 bridgehead atoms. The van der Waals surface area contributed by atoms with Crippen molar-refractivity contribution in [3.05, 3.63) is 11.7 Å². The fourth-order valence-electron chi connectivity index (χ4n) is 0.890. The highest BCUT2D eigenvalue weighted by Gasteiger charge is 2.14. The van der Waals surface area contributed by atoms with Gasteiger partial charge in [-0.05, 0) is 13.8 Å². The second-order valence-corrected chi connectivity index (χ2v) is 4.39. The summed E-state index contributed by atoms with van der Waals surface area (Å²) in [7, 11) is 0. The van der Waals surface area contributed by atoms with Crippen molar-refractivity contribution in [1.82, 2.24) is 10.1 Å². The average molecular weight is 214 g/mol. The molecule has 0 unspecified atom stereocenters. The van der Waals surface area contributed by atoms with Gasteiger partial charge in [-0.1, -0.05) is 12.1 Å². The molecular weight excluding hydrogens is 200 g/mol. The van der Waals surface area contributed by atoms with Crippen LogP contribution in [0.4, 0.5) is 0 Å². The van der Waals surface area contributed by atoms with Gasteiger partial charge >= 0.3 is 0 Å². The minimum atomic E-state index is 0.0895. The van der Waals surface area contributed by atoms with Crippen LogP contribution in [-0.4, -0.2) is 21.7 Å². The van der Waals surface area contributed by atoms with E-state index in [1.54, 1.807) is 6.92 Å². The smallest absolute Gasteiger partial charge is 0.239 e. The monoisotopic (exact) mass is 214 g/mol. The third kappa shape index (κ3) is 3.14. The highest BCUT2D eigenvalue weighted by atomic mass is 32.2. The van der Waals surface area contributed by atoms with Crippen molar-refractivity contribution in [2.24, 2.45) is 0 Å². The van der Waals surface area contributed by atoms with Gasteiger partial charge in [-0.2, -0.15) is 4.98 Å². The zero-order chi connectivity index (χ0) is 10.6. The normalized spacial score (nSPS) is 12.8. The Balaban J connectivity index is 2.51. The molecule has 1 rings (SSSR count). The maximum Gasteiger partial charge on any atom is 0.239 e. The van der Waals surface area contributed by atoms with Gasteiger partial charge in [0, 0.05) is 6.42 Å². The molecule has 0 radical (unpaired) electrons. The molecule has 5 heteroatoms. The number of hydrogen-bond acceptors (Lipinski definition) is 5. The van der Waals surface area contributed by atoms with Crippen LogP contribution in [0.15, 0.2) is 4.52 Å². The largest absolute Gasteiger partial charge is 0.338 e. The van der Waals surface area contributed by atoms with Crippen LogP contribution in [0.1, 0.15) is 37.7 Å². The predicted octanol–water partition coefficient (Wildman–Crippen LogP) is 2.02. The molecule has 4 nitrogen and oxygen atoms in total. The van der Waals surface area contributed by atoms with Crippen LogP contribution in [0.5, 0.6) is 0 Å². The molecule has 1 heterocycles. The van der Waals surface area contributed by atoms with Gasteiger partial charge in [0.2, 0.25) is 5.89 Å². The van der Waals surface area contributed by atoms with Gasteiger partial charge in [0.1, 0.15) is 5.78 Å². The Morgan fingerprint density at radius 2 is 2.36 bits per heavy atom. The van der Waals surface area contributed by atoms with Gasteiger partial charge in [0.15, 0.2) is 5.82 Å². The standard InChI is InChI=1S/C9H14N2O2S/c1-4-8-10-9(13-11-8)7(3)14-5-6(2)12/h7H,4-5H2,1-3H3/t7-/m1/s1. The van der Waals surface area contributed by atoms with Crippen LogP contribution in [-0.2, 0) is 11.2 Å². The van der Waals surface area contributed by atoms with Crippen molar-refractivity contribution < 1.29 is 9.32 Å². The maximum atomic E-state index is 10.8. The zero-order valence-electron chi connectivity index (χ0n) is 8.61. The van der Waals surface area contributed by atoms with Gasteiger partial charge in [-0.3, -0.25) is 4.79 Å². The molecule has 0 aliphatic rings. The molecule has 14 heavy (non-hydrogen) atoms. The minimum absolute atomic E-state index is 0.0895. The number of aromatic nitrogens is 2. The summed E-state index contributed by atoms with van der Waals surface area (Å²) in [5.41, 5.74) is 0. The van der Waals surface area contributed by atoms with E-state index in [0.717, 1.165) is 12.2 Å². The van der Waals surface area contributed by atoms with E-state index in [1.807, 2.05) is 13.8 Å². The van der Waals surface area contributed by atoms with Gasteiger partial charge in [-0.15, -0.1) is 11.8 Å². The highest BCUT2D eigenvalue weighted by molar-refractivity contribution is 8.00. The molecule has 0 N–H and O–H groups in total. The topological polar surface area (TPSA) is 56.0 Å². The van der Waals surface area contributed by atoms with E-state index in [-0.39, 0.29) is 11.0 Å². The number of hydrogen-bond donors (Lipinski definition) is 0. The van der Waals surface area contributed by atoms with E-state index in [4.69, 9.17) is 4.52 Å². The lowest BCUT2D eigenvalue weighted by molar-refractivity contribution is -0.114. The van der Waals surface area contributed by atoms with Crippen LogP contribution < -0.4 is 0 Å². The van der Waals surface area contributed by atoms with Crippen LogP contribution in [0.25, 0.3) is 0 Å². The van der Waals surface area contributed by atoms with Gasteiger partial charge in [-0.25, -0.2) is 0 Å². The number of thioether (sulfide) groups is 1. The van der Waals surface area contributed by atoms with Crippen LogP contribution in [0.2, 0.25) is 0 Å². The molecule has 0 saturated heterocycles. The summed E-state index contributed by atoms with van der Waals surface area (Å²) in [4.78, 5) is 15.0. The summed E-state index contributed by atoms with van der Waals surface area (Å²) >= 11 is 1.52. The fraction of sp³-hybridized carbons (Fsp3) is 0.667. The van der Waals surface area contributed by atoms with Crippen molar-refractivity contribution in [3.63, 3.8) is 0 Å². The van der Waals surface area contributed by atoms with Gasteiger partial charge in [0.25, 0.3) is 0 Å². The molecule has 0 spiro atoms. The van der Waals surface area contributed by atoms with Crippen molar-refractivity contribution in [1.29, 1.82) is 0 Å². The zero-order valence-corrected chi connectivity index (χ0v) is 9.43. The number of carbonyl (C=O) groups excluding carboxylic acids is 1. The number of Topliss-reactive ketones (excluding diaryl/α,β-unsaturated/α-hetero) is 1. The molecule has 1 aromatic heterocycles. The maximum absolute atomic E-state index is 10.8. The summed E-state index contributed by atoms with van der Waals surface area (Å²) in [6.07, 6.45) is 0.771. The van der Waals surface area contributed by atoms with E-state index >= 15 is 0 Å². The summed E-state index contributed by atoms with van der Waals surface area (Å²) < 4.78 is 5.06. The summed E-state index contributed by atoms with van der Waals surface area (Å²) in [5, 5.41) is 3.89. The van der Waals surface area contributed by atoms with Gasteiger partial charge in [0.05, 0.1) is 11.0 Å². The third-order valence-electron chi connectivity index (χ3n) is 1.68. The number of aryl methyl sites for hydroxylation is 1. The van der Waals surface area contributed by atoms with Gasteiger partial charge < -0.3 is 4.52 Å². The number of ketones is 1. The first kappa shape index (κ1) is 11.2. The van der Waals surface area contributed by atoms with E-state index in [0.29, 0.717) is 11.6 Å². The first-order valence-electron chi connectivity index (χ1n) is 4.57. The van der Waals surface area contributed by atoms with Crippen LogP contribution >= 0.6 is 11.8 Å². The van der Waals surface area contributed by atoms with Crippen molar-refractivity contribution >= 4 is 17.5 Å². The molecule has 0 aliphatic heterocycles. The lowest BCUT2D eigenvalue weighted by Crippen LogP contribution is -1.97. The van der Waals surface area contributed by atoms with E-state index < -0.39 is 0 Å². The Kier molecular flexibility index (Phi) is 4.13. The second kappa shape index (κ2) is 5.14. The predicted molar refractivity (Wildman–Crippen MR) is 55.2 cm³/mol. The first-order valence-corrected chi connectivity index (χ1v) is 5.62. The quantitative estimate of drug-likeness (QED) is 0.750. The molecule has 0 aliphatic carbocycles. The molecular formula is C9H14N2O2S. The Labute approximate surface area is 87.5 Å². The lowest BCUT2D eigenvalue weighted by atomic mass is 10.4. The first-order chi connectivity index (χ1) is 6.63. The molecule has 1 aromatic rings. The lowest BCUT2D eigenvalue weighted by Gasteiger charge is -2.02. The summed E-state index contributed by atoms with van der Waals surface area (Å²) in [6, 6.07) is 0. The molecule has 0 amide bonds. The van der Waals surface area contributed by atoms with Crippen molar-refractivity contribution in [3.8, 4) is 0 Å². The van der Waals surface area contributed by atoms with E-state index in [9.17, 15) is 4.79 Å². The fourth-order valence-corrected chi connectivity index (χ4v) is 1.61. The molecule has 78 valence electrons. The summed E-state index contributed by atoms with van der Waals surface area (Å²) in [6.45, 7) is 5.51. The number of rotatable bonds is 5.